The van der Waals surface area contributed by atoms with Gasteiger partial charge in [-0.3, -0.25) is 4.57 Å². The lowest BCUT2D eigenvalue weighted by molar-refractivity contribution is 0.630. The molecule has 0 radical (unpaired) electrons. The summed E-state index contributed by atoms with van der Waals surface area (Å²) in [7, 11) is 0. The number of para-hydroxylation sites is 3. The van der Waals surface area contributed by atoms with Crippen LogP contribution >= 0.6 is 0 Å². The van der Waals surface area contributed by atoms with Gasteiger partial charge in [0, 0.05) is 38.8 Å². The lowest BCUT2D eigenvalue weighted by Crippen LogP contribution is -2.26. The van der Waals surface area contributed by atoms with E-state index in [-0.39, 0.29) is 5.41 Å². The molecule has 3 heteroatoms. The second-order valence-corrected chi connectivity index (χ2v) is 11.7. The van der Waals surface area contributed by atoms with Crippen molar-refractivity contribution < 1.29 is 0 Å². The Bertz CT molecular complexity index is 2330. The molecule has 0 bridgehead atoms. The summed E-state index contributed by atoms with van der Waals surface area (Å²) >= 11 is 0. The second-order valence-electron chi connectivity index (χ2n) is 11.7. The van der Waals surface area contributed by atoms with Gasteiger partial charge in [-0.2, -0.15) is 0 Å². The highest BCUT2D eigenvalue weighted by atomic mass is 15.1. The van der Waals surface area contributed by atoms with Gasteiger partial charge in [0.05, 0.1) is 22.2 Å². The smallest absolute Gasteiger partial charge is 0.145 e. The molecule has 4 heterocycles. The van der Waals surface area contributed by atoms with Crippen molar-refractivity contribution in [1.29, 1.82) is 0 Å². The van der Waals surface area contributed by atoms with Crippen LogP contribution in [-0.4, -0.2) is 14.1 Å². The minimum atomic E-state index is -0.150. The minimum absolute atomic E-state index is 0.150. The number of aromatic nitrogens is 3. The molecule has 3 nitrogen and oxygen atoms in total. The van der Waals surface area contributed by atoms with Gasteiger partial charge in [0.15, 0.2) is 0 Å². The molecule has 5 aromatic carbocycles. The summed E-state index contributed by atoms with van der Waals surface area (Å²) in [5.74, 6) is 0. The van der Waals surface area contributed by atoms with Gasteiger partial charge in [-0.1, -0.05) is 74.5 Å². The maximum absolute atomic E-state index is 4.88. The van der Waals surface area contributed by atoms with E-state index in [0.717, 1.165) is 5.65 Å². The average molecular weight is 526 g/mol. The Hall–Kier alpha value is -5.15. The molecule has 0 amide bonds. The molecule has 8 aromatic rings. The molecule has 0 aliphatic carbocycles. The molecule has 0 N–H and O–H groups in total. The summed E-state index contributed by atoms with van der Waals surface area (Å²) in [4.78, 5) is 4.88. The summed E-state index contributed by atoms with van der Waals surface area (Å²) in [6, 6.07) is 44.2. The van der Waals surface area contributed by atoms with Crippen LogP contribution in [0.4, 0.5) is 0 Å². The monoisotopic (exact) mass is 525 g/mol. The minimum Gasteiger partial charge on any atom is -0.309 e. The maximum atomic E-state index is 4.88. The zero-order valence-corrected chi connectivity index (χ0v) is 23.0. The average Bonchev–Trinajstić information content (AvgIpc) is 3.53. The van der Waals surface area contributed by atoms with Crippen LogP contribution in [0.5, 0.6) is 0 Å². The first-order chi connectivity index (χ1) is 20.1. The Kier molecular flexibility index (Phi) is 4.39. The van der Waals surface area contributed by atoms with E-state index in [0.29, 0.717) is 0 Å². The summed E-state index contributed by atoms with van der Waals surface area (Å²) in [5.41, 5.74) is 12.1. The Morgan fingerprint density at radius 3 is 2.17 bits per heavy atom. The van der Waals surface area contributed by atoms with E-state index in [2.05, 4.69) is 144 Å². The van der Waals surface area contributed by atoms with Gasteiger partial charge in [-0.25, -0.2) is 4.98 Å². The third-order valence-corrected chi connectivity index (χ3v) is 9.13. The largest absolute Gasteiger partial charge is 0.309 e. The summed E-state index contributed by atoms with van der Waals surface area (Å²) in [6.45, 7) is 4.71. The van der Waals surface area contributed by atoms with Crippen LogP contribution < -0.4 is 0 Å². The van der Waals surface area contributed by atoms with E-state index in [1.54, 1.807) is 0 Å². The van der Waals surface area contributed by atoms with E-state index in [4.69, 9.17) is 4.98 Å². The van der Waals surface area contributed by atoms with Crippen molar-refractivity contribution in [1.82, 2.24) is 14.1 Å². The number of hydrogen-bond donors (Lipinski definition) is 0. The number of pyridine rings is 1. The van der Waals surface area contributed by atoms with Gasteiger partial charge in [0.2, 0.25) is 0 Å². The first-order valence-electron chi connectivity index (χ1n) is 14.2. The summed E-state index contributed by atoms with van der Waals surface area (Å²) in [5, 5.41) is 4.99. The zero-order chi connectivity index (χ0) is 27.3. The van der Waals surface area contributed by atoms with E-state index in [9.17, 15) is 0 Å². The van der Waals surface area contributed by atoms with Crippen LogP contribution in [0.25, 0.3) is 66.2 Å². The van der Waals surface area contributed by atoms with Crippen molar-refractivity contribution in [2.24, 2.45) is 0 Å². The first-order valence-corrected chi connectivity index (χ1v) is 14.2. The van der Waals surface area contributed by atoms with Crippen molar-refractivity contribution in [2.45, 2.75) is 19.3 Å². The van der Waals surface area contributed by atoms with Gasteiger partial charge in [0.25, 0.3) is 0 Å². The van der Waals surface area contributed by atoms with Gasteiger partial charge >= 0.3 is 0 Å². The molecule has 0 fully saturated rings. The molecule has 1 aliphatic rings. The van der Waals surface area contributed by atoms with Crippen molar-refractivity contribution in [2.75, 3.05) is 0 Å². The molecule has 0 spiro atoms. The fraction of sp³-hybridized carbons (Fsp3) is 0.0789. The van der Waals surface area contributed by atoms with Crippen LogP contribution in [0.2, 0.25) is 0 Å². The van der Waals surface area contributed by atoms with E-state index >= 15 is 0 Å². The Labute approximate surface area is 237 Å². The highest BCUT2D eigenvalue weighted by Gasteiger charge is 2.35. The van der Waals surface area contributed by atoms with E-state index in [1.807, 2.05) is 6.20 Å². The molecule has 0 saturated carbocycles. The number of benzene rings is 5. The number of rotatable bonds is 2. The highest BCUT2D eigenvalue weighted by molar-refractivity contribution is 6.13. The molecule has 0 atom stereocenters. The Morgan fingerprint density at radius 1 is 0.537 bits per heavy atom. The molecule has 41 heavy (non-hydrogen) atoms. The third-order valence-electron chi connectivity index (χ3n) is 9.13. The van der Waals surface area contributed by atoms with Crippen LogP contribution in [0.1, 0.15) is 25.0 Å². The molecule has 9 rings (SSSR count). The highest BCUT2D eigenvalue weighted by Crippen LogP contribution is 2.48. The quantitative estimate of drug-likeness (QED) is 0.220. The summed E-state index contributed by atoms with van der Waals surface area (Å²) in [6.07, 6.45) is 1.91. The van der Waals surface area contributed by atoms with Gasteiger partial charge in [-0.15, -0.1) is 0 Å². The standard InChI is InChI=1S/C38H27N3/c1-38(2)31-15-7-9-17-35(31)41-36-30(28-14-10-20-39-37(28)41)22-25(23-32(36)38)24-18-19-34-29(21-24)27-13-6-8-16-33(27)40(34)26-11-4-3-5-12-26/h3-23H,1-2H3. The normalized spacial score (nSPS) is 13.8. The maximum Gasteiger partial charge on any atom is 0.145 e. The first kappa shape index (κ1) is 22.6. The van der Waals surface area contributed by atoms with Crippen LogP contribution in [-0.2, 0) is 5.41 Å². The van der Waals surface area contributed by atoms with Gasteiger partial charge in [0.1, 0.15) is 5.65 Å². The van der Waals surface area contributed by atoms with Gasteiger partial charge in [-0.05, 0) is 82.9 Å². The Balaban J connectivity index is 1.36. The van der Waals surface area contributed by atoms with E-state index in [1.165, 1.54) is 71.7 Å². The lowest BCUT2D eigenvalue weighted by Gasteiger charge is -2.34. The molecule has 3 aromatic heterocycles. The third kappa shape index (κ3) is 2.95. The van der Waals surface area contributed by atoms with Crippen molar-refractivity contribution in [3.63, 3.8) is 0 Å². The van der Waals surface area contributed by atoms with E-state index < -0.39 is 0 Å². The van der Waals surface area contributed by atoms with Crippen LogP contribution in [0.3, 0.4) is 0 Å². The molecule has 0 saturated heterocycles. The fourth-order valence-corrected chi connectivity index (χ4v) is 7.20. The Morgan fingerprint density at radius 2 is 1.27 bits per heavy atom. The van der Waals surface area contributed by atoms with Crippen LogP contribution in [0.15, 0.2) is 128 Å². The predicted octanol–water partition coefficient (Wildman–Crippen LogP) is 9.58. The zero-order valence-electron chi connectivity index (χ0n) is 23.0. The second kappa shape index (κ2) is 7.96. The number of fused-ring (bicyclic) bond motifs is 8. The van der Waals surface area contributed by atoms with Crippen molar-refractivity contribution in [3.05, 3.63) is 139 Å². The molecule has 1 aliphatic heterocycles. The number of nitrogens with zero attached hydrogens (tertiary/aromatic N) is 3. The SMILES string of the molecule is CC1(C)c2ccccc2-n2c3ncccc3c3cc(-c4ccc5c(c4)c4ccccc4n5-c4ccccc4)cc1c32. The van der Waals surface area contributed by atoms with Gasteiger partial charge < -0.3 is 4.57 Å². The lowest BCUT2D eigenvalue weighted by atomic mass is 9.74. The summed E-state index contributed by atoms with van der Waals surface area (Å²) < 4.78 is 4.75. The molecular weight excluding hydrogens is 498 g/mol. The molecular formula is C38H27N3. The fourth-order valence-electron chi connectivity index (χ4n) is 7.20. The topological polar surface area (TPSA) is 22.8 Å². The predicted molar refractivity (Wildman–Crippen MR) is 170 cm³/mol. The van der Waals surface area contributed by atoms with Crippen molar-refractivity contribution in [3.8, 4) is 22.5 Å². The van der Waals surface area contributed by atoms with Crippen molar-refractivity contribution >= 4 is 43.7 Å². The van der Waals surface area contributed by atoms with Crippen LogP contribution in [0, 0.1) is 0 Å². The molecule has 0 unspecified atom stereocenters. The number of hydrogen-bond acceptors (Lipinski definition) is 1. The molecule has 194 valence electrons.